The number of thiophene rings is 1. The highest BCUT2D eigenvalue weighted by molar-refractivity contribution is 7.22. The fraction of sp³-hybridized carbons (Fsp3) is 0.378. The molecular formula is C37H40N4O7S. The molecule has 49 heavy (non-hydrogen) atoms. The van der Waals surface area contributed by atoms with Gasteiger partial charge in [-0.15, -0.1) is 11.3 Å². The number of aromatic nitrogens is 3. The Morgan fingerprint density at radius 2 is 1.80 bits per heavy atom. The van der Waals surface area contributed by atoms with Crippen LogP contribution in [0.5, 0.6) is 5.75 Å². The van der Waals surface area contributed by atoms with Crippen molar-refractivity contribution in [2.45, 2.75) is 71.3 Å². The van der Waals surface area contributed by atoms with Gasteiger partial charge in [-0.3, -0.25) is 19.1 Å². The first kappa shape index (κ1) is 34.1. The van der Waals surface area contributed by atoms with Crippen LogP contribution in [0.4, 0.5) is 0 Å². The fourth-order valence-corrected chi connectivity index (χ4v) is 7.40. The Morgan fingerprint density at radius 1 is 1.08 bits per heavy atom. The first-order valence-electron chi connectivity index (χ1n) is 16.3. The van der Waals surface area contributed by atoms with E-state index in [4.69, 9.17) is 23.7 Å². The zero-order valence-corrected chi connectivity index (χ0v) is 29.1. The van der Waals surface area contributed by atoms with Gasteiger partial charge in [0.2, 0.25) is 17.2 Å². The molecule has 12 heteroatoms. The van der Waals surface area contributed by atoms with Crippen LogP contribution in [0.1, 0.15) is 62.1 Å². The molecule has 0 spiro atoms. The smallest absolute Gasteiger partial charge is 0.318 e. The zero-order chi connectivity index (χ0) is 34.7. The van der Waals surface area contributed by atoms with Crippen LogP contribution in [0.15, 0.2) is 76.3 Å². The summed E-state index contributed by atoms with van der Waals surface area (Å²) in [7, 11) is 1.62. The van der Waals surface area contributed by atoms with Crippen LogP contribution in [-0.4, -0.2) is 57.8 Å². The molecule has 1 saturated heterocycles. The maximum Gasteiger partial charge on any atom is 0.318 e. The molecule has 0 saturated carbocycles. The average Bonchev–Trinajstić information content (AvgIpc) is 3.77. The number of hydrogen-bond donors (Lipinski definition) is 0. The van der Waals surface area contributed by atoms with Crippen molar-refractivity contribution < 1.29 is 28.2 Å². The summed E-state index contributed by atoms with van der Waals surface area (Å²) >= 11 is 1.35. The lowest BCUT2D eigenvalue weighted by Crippen LogP contribution is -2.40. The minimum absolute atomic E-state index is 0.0481. The maximum absolute atomic E-state index is 14.4. The number of para-hydroxylation sites is 1. The number of amides is 1. The SMILES string of the molecule is COc1ccccc1C(Cn1nc(C(C)(C)C(=O)OCc2ccccc2)c(=O)c2c(C)c(-c3ncco3)sc21)OC1CCN(C(C)=O)CC1. The lowest BCUT2D eigenvalue weighted by atomic mass is 9.88. The number of piperidine rings is 1. The molecule has 0 aliphatic carbocycles. The molecule has 1 aliphatic heterocycles. The van der Waals surface area contributed by atoms with Crippen molar-refractivity contribution in [2.75, 3.05) is 20.2 Å². The van der Waals surface area contributed by atoms with E-state index >= 15 is 0 Å². The Hall–Kier alpha value is -4.81. The summed E-state index contributed by atoms with van der Waals surface area (Å²) in [6.07, 6.45) is 3.73. The van der Waals surface area contributed by atoms with Gasteiger partial charge in [0.15, 0.2) is 0 Å². The molecule has 3 aromatic heterocycles. The normalized spacial score (nSPS) is 14.6. The molecule has 5 aromatic rings. The summed E-state index contributed by atoms with van der Waals surface area (Å²) in [5.41, 5.74) is 0.654. The molecular weight excluding hydrogens is 644 g/mol. The van der Waals surface area contributed by atoms with Crippen LogP contribution in [0.2, 0.25) is 0 Å². The van der Waals surface area contributed by atoms with Gasteiger partial charge in [0.25, 0.3) is 0 Å². The molecule has 1 fully saturated rings. The Balaban J connectivity index is 1.44. The molecule has 1 unspecified atom stereocenters. The molecule has 11 nitrogen and oxygen atoms in total. The molecule has 256 valence electrons. The Bertz CT molecular complexity index is 1990. The lowest BCUT2D eigenvalue weighted by molar-refractivity contribution is -0.151. The third-order valence-corrected chi connectivity index (χ3v) is 10.3. The molecule has 0 bridgehead atoms. The van der Waals surface area contributed by atoms with Gasteiger partial charge in [-0.1, -0.05) is 48.5 Å². The van der Waals surface area contributed by atoms with Crippen molar-refractivity contribution in [1.29, 1.82) is 0 Å². The molecule has 1 amide bonds. The number of rotatable bonds is 11. The summed E-state index contributed by atoms with van der Waals surface area (Å²) in [6, 6.07) is 17.0. The van der Waals surface area contributed by atoms with Crippen LogP contribution in [0.3, 0.4) is 0 Å². The number of nitrogens with zero attached hydrogens (tertiary/aromatic N) is 4. The second-order valence-corrected chi connectivity index (χ2v) is 13.7. The number of esters is 1. The third kappa shape index (κ3) is 7.02. The molecule has 4 heterocycles. The highest BCUT2D eigenvalue weighted by Gasteiger charge is 2.38. The van der Waals surface area contributed by atoms with Crippen molar-refractivity contribution in [3.05, 3.63) is 99.7 Å². The van der Waals surface area contributed by atoms with E-state index in [-0.39, 0.29) is 36.3 Å². The lowest BCUT2D eigenvalue weighted by Gasteiger charge is -2.34. The maximum atomic E-state index is 14.4. The summed E-state index contributed by atoms with van der Waals surface area (Å²) in [4.78, 5) is 47.5. The van der Waals surface area contributed by atoms with Crippen LogP contribution in [0, 0.1) is 6.92 Å². The average molecular weight is 685 g/mol. The van der Waals surface area contributed by atoms with Crippen LogP contribution in [0.25, 0.3) is 21.0 Å². The number of likely N-dealkylation sites (tertiary alicyclic amines) is 1. The van der Waals surface area contributed by atoms with E-state index in [1.54, 1.807) is 38.8 Å². The van der Waals surface area contributed by atoms with Gasteiger partial charge < -0.3 is 23.5 Å². The summed E-state index contributed by atoms with van der Waals surface area (Å²) in [6.45, 7) is 8.23. The zero-order valence-electron chi connectivity index (χ0n) is 28.3. The Kier molecular flexibility index (Phi) is 9.98. The van der Waals surface area contributed by atoms with Gasteiger partial charge >= 0.3 is 5.97 Å². The minimum atomic E-state index is -1.39. The number of aryl methyl sites for hydroxylation is 1. The van der Waals surface area contributed by atoms with Crippen molar-refractivity contribution >= 4 is 33.4 Å². The molecule has 1 atom stereocenters. The number of fused-ring (bicyclic) bond motifs is 1. The number of benzene rings is 2. The van der Waals surface area contributed by atoms with Crippen molar-refractivity contribution in [2.24, 2.45) is 0 Å². The number of ether oxygens (including phenoxy) is 3. The summed E-state index contributed by atoms with van der Waals surface area (Å²) in [5, 5.41) is 5.35. The van der Waals surface area contributed by atoms with Gasteiger partial charge in [-0.25, -0.2) is 4.98 Å². The van der Waals surface area contributed by atoms with Crippen LogP contribution in [-0.2, 0) is 37.6 Å². The Labute approximate surface area is 288 Å². The van der Waals surface area contributed by atoms with Gasteiger partial charge in [-0.2, -0.15) is 5.10 Å². The first-order valence-corrected chi connectivity index (χ1v) is 17.1. The van der Waals surface area contributed by atoms with Gasteiger partial charge in [-0.05, 0) is 50.8 Å². The topological polar surface area (TPSA) is 126 Å². The molecule has 6 rings (SSSR count). The van der Waals surface area contributed by atoms with Gasteiger partial charge in [0.1, 0.15) is 40.7 Å². The van der Waals surface area contributed by atoms with E-state index in [0.29, 0.717) is 58.2 Å². The fourth-order valence-electron chi connectivity index (χ4n) is 6.19. The predicted molar refractivity (Wildman–Crippen MR) is 185 cm³/mol. The minimum Gasteiger partial charge on any atom is -0.496 e. The predicted octanol–water partition coefficient (Wildman–Crippen LogP) is 6.22. The summed E-state index contributed by atoms with van der Waals surface area (Å²) < 4.78 is 25.7. The third-order valence-electron chi connectivity index (χ3n) is 9.04. The monoisotopic (exact) mass is 684 g/mol. The van der Waals surface area contributed by atoms with Crippen molar-refractivity contribution in [3.63, 3.8) is 0 Å². The van der Waals surface area contributed by atoms with Crippen LogP contribution < -0.4 is 10.2 Å². The first-order chi connectivity index (χ1) is 23.6. The standard InChI is InChI=1S/C37H40N4O7S/c1-23-30-31(43)33(37(3,4)36(44)47-22-25-11-7-6-8-12-25)39-41(35(30)49-32(23)34-38-17-20-46-34)21-29(27-13-9-10-14-28(27)45-5)48-26-15-18-40(19-16-26)24(2)42/h6-14,17,20,26,29H,15-16,18-19,21-22H2,1-5H3. The molecule has 1 aliphatic rings. The van der Waals surface area contributed by atoms with E-state index in [0.717, 1.165) is 11.1 Å². The number of oxazole rings is 1. The van der Waals surface area contributed by atoms with Crippen LogP contribution >= 0.6 is 11.3 Å². The van der Waals surface area contributed by atoms with E-state index in [1.807, 2.05) is 66.4 Å². The highest BCUT2D eigenvalue weighted by Crippen LogP contribution is 2.39. The second kappa shape index (κ2) is 14.4. The van der Waals surface area contributed by atoms with Crippen molar-refractivity contribution in [3.8, 4) is 16.5 Å². The quantitative estimate of drug-likeness (QED) is 0.149. The highest BCUT2D eigenvalue weighted by atomic mass is 32.1. The number of hydrogen-bond acceptors (Lipinski definition) is 10. The molecule has 0 N–H and O–H groups in total. The van der Waals surface area contributed by atoms with E-state index in [2.05, 4.69) is 4.98 Å². The van der Waals surface area contributed by atoms with Gasteiger partial charge in [0.05, 0.1) is 36.2 Å². The summed E-state index contributed by atoms with van der Waals surface area (Å²) in [5.74, 6) is 0.524. The van der Waals surface area contributed by atoms with Gasteiger partial charge in [0, 0.05) is 25.6 Å². The van der Waals surface area contributed by atoms with E-state index in [1.165, 1.54) is 17.6 Å². The number of carbonyl (C=O) groups is 2. The molecule has 0 radical (unpaired) electrons. The van der Waals surface area contributed by atoms with E-state index in [9.17, 15) is 14.4 Å². The second-order valence-electron chi connectivity index (χ2n) is 12.7. The van der Waals surface area contributed by atoms with Crippen molar-refractivity contribution in [1.82, 2.24) is 19.7 Å². The Morgan fingerprint density at radius 3 is 2.47 bits per heavy atom. The number of carbonyl (C=O) groups excluding carboxylic acids is 2. The van der Waals surface area contributed by atoms with E-state index < -0.39 is 17.5 Å². The molecule has 2 aromatic carbocycles. The largest absolute Gasteiger partial charge is 0.496 e. The number of methoxy groups -OCH3 is 1.